The summed E-state index contributed by atoms with van der Waals surface area (Å²) in [5.41, 5.74) is 0.469. The van der Waals surface area contributed by atoms with Crippen LogP contribution in [-0.4, -0.2) is 29.7 Å². The molecule has 1 heterocycles. The van der Waals surface area contributed by atoms with Crippen molar-refractivity contribution in [3.8, 4) is 0 Å². The molecule has 6 unspecified atom stereocenters. The number of carbonyl (C=O) groups is 2. The fourth-order valence-corrected chi connectivity index (χ4v) is 8.82. The van der Waals surface area contributed by atoms with Gasteiger partial charge in [0.15, 0.2) is 0 Å². The molecule has 212 valence electrons. The molecule has 4 aliphatic rings. The first kappa shape index (κ1) is 33.2. The molecule has 8 atom stereocenters. The van der Waals surface area contributed by atoms with Crippen LogP contribution in [0.1, 0.15) is 140 Å². The van der Waals surface area contributed by atoms with Crippen LogP contribution in [-0.2, 0) is 9.59 Å². The van der Waals surface area contributed by atoms with Crippen LogP contribution in [0.2, 0.25) is 0 Å². The second kappa shape index (κ2) is 14.3. The summed E-state index contributed by atoms with van der Waals surface area (Å²) in [4.78, 5) is 27.8. The third-order valence-electron chi connectivity index (χ3n) is 10.6. The van der Waals surface area contributed by atoms with Gasteiger partial charge in [-0.2, -0.15) is 0 Å². The van der Waals surface area contributed by atoms with Crippen LogP contribution in [0.25, 0.3) is 0 Å². The van der Waals surface area contributed by atoms with Crippen LogP contribution in [0.3, 0.4) is 0 Å². The summed E-state index contributed by atoms with van der Waals surface area (Å²) in [5, 5.41) is 0. The number of amides is 1. The van der Waals surface area contributed by atoms with Crippen molar-refractivity contribution in [1.29, 1.82) is 0 Å². The highest BCUT2D eigenvalue weighted by Gasteiger charge is 2.63. The van der Waals surface area contributed by atoms with Gasteiger partial charge in [-0.1, -0.05) is 95.4 Å². The quantitative estimate of drug-likeness (QED) is 0.373. The summed E-state index contributed by atoms with van der Waals surface area (Å²) < 4.78 is 0. The van der Waals surface area contributed by atoms with Gasteiger partial charge in [-0.15, -0.1) is 0 Å². The maximum atomic E-state index is 13.5. The van der Waals surface area contributed by atoms with E-state index in [1.807, 2.05) is 53.5 Å². The zero-order chi connectivity index (χ0) is 27.8. The molecule has 0 aromatic heterocycles. The van der Waals surface area contributed by atoms with Gasteiger partial charge < -0.3 is 4.90 Å². The SMILES string of the molecule is CC.CC.CC.CC(C)CCCC(C)C1CCC2C3C(=O)CC4N(C)C(=O)CC[C@]4(C)C3CC[C@]12C. The van der Waals surface area contributed by atoms with Gasteiger partial charge in [-0.05, 0) is 72.5 Å². The van der Waals surface area contributed by atoms with Crippen LogP contribution < -0.4 is 0 Å². The van der Waals surface area contributed by atoms with Gasteiger partial charge in [0.05, 0.1) is 0 Å². The third kappa shape index (κ3) is 6.23. The molecule has 4 fully saturated rings. The Hall–Kier alpha value is -0.860. The molecule has 3 nitrogen and oxygen atoms in total. The monoisotopic (exact) mass is 505 g/mol. The molecule has 1 aliphatic heterocycles. The number of Topliss-reactive ketones (excluding diaryl/α,β-unsaturated/α-hetero) is 1. The topological polar surface area (TPSA) is 37.4 Å². The van der Waals surface area contributed by atoms with Crippen molar-refractivity contribution < 1.29 is 9.59 Å². The first-order valence-electron chi connectivity index (χ1n) is 15.9. The van der Waals surface area contributed by atoms with E-state index in [1.165, 1.54) is 44.9 Å². The van der Waals surface area contributed by atoms with Gasteiger partial charge in [0.1, 0.15) is 5.78 Å². The Kier molecular flexibility index (Phi) is 13.2. The molecular formula is C33H63NO2. The van der Waals surface area contributed by atoms with Crippen LogP contribution in [0.4, 0.5) is 0 Å². The van der Waals surface area contributed by atoms with Gasteiger partial charge >= 0.3 is 0 Å². The predicted octanol–water partition coefficient (Wildman–Crippen LogP) is 9.19. The summed E-state index contributed by atoms with van der Waals surface area (Å²) in [6.45, 7) is 24.1. The number of ketones is 1. The molecule has 0 spiro atoms. The molecule has 4 rings (SSSR count). The molecule has 3 aliphatic carbocycles. The summed E-state index contributed by atoms with van der Waals surface area (Å²) in [6, 6.07) is 0.129. The van der Waals surface area contributed by atoms with Crippen molar-refractivity contribution in [2.45, 2.75) is 146 Å². The van der Waals surface area contributed by atoms with Crippen molar-refractivity contribution in [2.24, 2.45) is 46.3 Å². The van der Waals surface area contributed by atoms with Crippen molar-refractivity contribution in [2.75, 3.05) is 7.05 Å². The third-order valence-corrected chi connectivity index (χ3v) is 10.6. The van der Waals surface area contributed by atoms with E-state index in [1.54, 1.807) is 0 Å². The number of hydrogen-bond donors (Lipinski definition) is 0. The largest absolute Gasteiger partial charge is 0.342 e. The normalized spacial score (nSPS) is 37.7. The molecule has 3 saturated carbocycles. The van der Waals surface area contributed by atoms with Crippen molar-refractivity contribution >= 4 is 11.7 Å². The summed E-state index contributed by atoms with van der Waals surface area (Å²) in [5.74, 6) is 4.37. The lowest BCUT2D eigenvalue weighted by molar-refractivity contribution is -0.167. The first-order chi connectivity index (χ1) is 17.1. The van der Waals surface area contributed by atoms with Gasteiger partial charge in [0.25, 0.3) is 0 Å². The lowest BCUT2D eigenvalue weighted by Crippen LogP contribution is -2.64. The molecule has 0 aromatic rings. The maximum absolute atomic E-state index is 13.5. The average Bonchev–Trinajstić information content (AvgIpc) is 3.24. The van der Waals surface area contributed by atoms with Crippen LogP contribution in [0, 0.1) is 46.3 Å². The molecule has 0 aromatic carbocycles. The number of nitrogens with zero attached hydrogens (tertiary/aromatic N) is 1. The molecule has 1 saturated heterocycles. The van der Waals surface area contributed by atoms with E-state index >= 15 is 0 Å². The van der Waals surface area contributed by atoms with Crippen molar-refractivity contribution in [1.82, 2.24) is 4.90 Å². The standard InChI is InChI=1S/C27H45NO2.3C2H6/c1-17(2)8-7-9-18(3)19-10-11-20-25-21(12-14-26(19,20)4)27(5)15-13-24(30)28(6)23(27)16-22(25)29;3*1-2/h17-21,23,25H,7-16H2,1-6H3;3*1-2H3/t18?,19?,20?,21?,23?,25?,26-,27-;;;/m1.../s1. The highest BCUT2D eigenvalue weighted by atomic mass is 16.2. The summed E-state index contributed by atoms with van der Waals surface area (Å²) in [6.07, 6.45) is 11.3. The van der Waals surface area contributed by atoms with E-state index in [9.17, 15) is 9.59 Å². The number of likely N-dealkylation sites (tertiary alicyclic amines) is 1. The predicted molar refractivity (Wildman–Crippen MR) is 156 cm³/mol. The molecule has 1 amide bonds. The number of rotatable bonds is 5. The number of hydrogen-bond acceptors (Lipinski definition) is 2. The van der Waals surface area contributed by atoms with E-state index < -0.39 is 0 Å². The molecule has 0 N–H and O–H groups in total. The highest BCUT2D eigenvalue weighted by Crippen LogP contribution is 2.66. The van der Waals surface area contributed by atoms with Crippen LogP contribution in [0.15, 0.2) is 0 Å². The molecule has 0 bridgehead atoms. The van der Waals surface area contributed by atoms with E-state index in [0.29, 0.717) is 35.9 Å². The van der Waals surface area contributed by atoms with Crippen molar-refractivity contribution in [3.05, 3.63) is 0 Å². The minimum atomic E-state index is 0.129. The second-order valence-electron chi connectivity index (χ2n) is 12.5. The fourth-order valence-electron chi connectivity index (χ4n) is 8.82. The van der Waals surface area contributed by atoms with Gasteiger partial charge in [-0.25, -0.2) is 0 Å². The van der Waals surface area contributed by atoms with Crippen LogP contribution >= 0.6 is 0 Å². The zero-order valence-corrected chi connectivity index (χ0v) is 26.4. The Bertz CT molecular complexity index is 687. The zero-order valence-electron chi connectivity index (χ0n) is 26.4. The minimum absolute atomic E-state index is 0.129. The Morgan fingerprint density at radius 3 is 2.00 bits per heavy atom. The molecule has 36 heavy (non-hydrogen) atoms. The van der Waals surface area contributed by atoms with E-state index in [-0.39, 0.29) is 23.3 Å². The average molecular weight is 506 g/mol. The first-order valence-corrected chi connectivity index (χ1v) is 15.9. The molecular weight excluding hydrogens is 442 g/mol. The summed E-state index contributed by atoms with van der Waals surface area (Å²) in [7, 11) is 1.94. The highest BCUT2D eigenvalue weighted by molar-refractivity contribution is 5.86. The second-order valence-corrected chi connectivity index (χ2v) is 12.5. The Balaban J connectivity index is 0.00000101. The fraction of sp³-hybridized carbons (Fsp3) is 0.939. The van der Waals surface area contributed by atoms with Gasteiger partial charge in [0, 0.05) is 31.8 Å². The van der Waals surface area contributed by atoms with Crippen molar-refractivity contribution in [3.63, 3.8) is 0 Å². The Morgan fingerprint density at radius 2 is 1.42 bits per heavy atom. The van der Waals surface area contributed by atoms with Crippen LogP contribution in [0.5, 0.6) is 0 Å². The van der Waals surface area contributed by atoms with Gasteiger partial charge in [-0.3, -0.25) is 9.59 Å². The van der Waals surface area contributed by atoms with Gasteiger partial charge in [0.2, 0.25) is 5.91 Å². The maximum Gasteiger partial charge on any atom is 0.222 e. The molecule has 0 radical (unpaired) electrons. The molecule has 3 heteroatoms. The number of piperidine rings is 1. The smallest absolute Gasteiger partial charge is 0.222 e. The van der Waals surface area contributed by atoms with E-state index in [4.69, 9.17) is 0 Å². The van der Waals surface area contributed by atoms with E-state index in [2.05, 4.69) is 34.6 Å². The Labute approximate surface area is 225 Å². The lowest BCUT2D eigenvalue weighted by Gasteiger charge is -2.61. The van der Waals surface area contributed by atoms with E-state index in [0.717, 1.165) is 24.2 Å². The summed E-state index contributed by atoms with van der Waals surface area (Å²) >= 11 is 0. The minimum Gasteiger partial charge on any atom is -0.342 e. The Morgan fingerprint density at radius 1 is 0.833 bits per heavy atom. The number of fused-ring (bicyclic) bond motifs is 5. The lowest BCUT2D eigenvalue weighted by atomic mass is 9.46. The number of carbonyl (C=O) groups excluding carboxylic acids is 2.